The van der Waals surface area contributed by atoms with Gasteiger partial charge in [-0.2, -0.15) is 0 Å². The van der Waals surface area contributed by atoms with Gasteiger partial charge in [0.1, 0.15) is 0 Å². The predicted octanol–water partition coefficient (Wildman–Crippen LogP) is 4.35. The fourth-order valence-electron chi connectivity index (χ4n) is 3.59. The quantitative estimate of drug-likeness (QED) is 0.419. The normalized spacial score (nSPS) is 36.8. The Bertz CT molecular complexity index is 371. The maximum atomic E-state index is 12.4. The largest absolute Gasteiger partial charge is 0.465 e. The van der Waals surface area contributed by atoms with Gasteiger partial charge in [0, 0.05) is 0 Å². The number of carbonyl (C=O) groups excluding carboxylic acids is 1. The topological polar surface area (TPSA) is 26.3 Å². The van der Waals surface area contributed by atoms with Crippen LogP contribution >= 0.6 is 0 Å². The fourth-order valence-corrected chi connectivity index (χ4v) is 3.59. The first kappa shape index (κ1) is 14.6. The number of esters is 1. The fraction of sp³-hybridized carbons (Fsp3) is 0.824. The van der Waals surface area contributed by atoms with E-state index in [0.717, 1.165) is 25.7 Å². The van der Waals surface area contributed by atoms with Crippen molar-refractivity contribution in [3.05, 3.63) is 12.2 Å². The van der Waals surface area contributed by atoms with E-state index in [-0.39, 0.29) is 22.7 Å². The third-order valence-electron chi connectivity index (χ3n) is 5.48. The van der Waals surface area contributed by atoms with E-state index in [1.165, 1.54) is 6.42 Å². The van der Waals surface area contributed by atoms with Crippen LogP contribution in [-0.2, 0) is 9.53 Å². The molecule has 0 aliphatic heterocycles. The van der Waals surface area contributed by atoms with Gasteiger partial charge in [0.2, 0.25) is 0 Å². The summed E-state index contributed by atoms with van der Waals surface area (Å²) in [6.07, 6.45) is 10.0. The molecule has 3 atom stereocenters. The van der Waals surface area contributed by atoms with E-state index < -0.39 is 0 Å². The van der Waals surface area contributed by atoms with Gasteiger partial charge in [-0.1, -0.05) is 46.3 Å². The average Bonchev–Trinajstić information content (AvgIpc) is 2.39. The molecule has 0 aromatic carbocycles. The number of unbranched alkanes of at least 4 members (excludes halogenated alkanes) is 1. The minimum absolute atomic E-state index is 0.0277. The van der Waals surface area contributed by atoms with Crippen molar-refractivity contribution >= 4 is 5.97 Å². The third kappa shape index (κ3) is 2.59. The van der Waals surface area contributed by atoms with Crippen molar-refractivity contribution in [2.24, 2.45) is 22.7 Å². The van der Waals surface area contributed by atoms with Crippen molar-refractivity contribution in [3.63, 3.8) is 0 Å². The van der Waals surface area contributed by atoms with Crippen LogP contribution in [0.1, 0.15) is 59.8 Å². The predicted molar refractivity (Wildman–Crippen MR) is 77.7 cm³/mol. The molecule has 0 spiro atoms. The van der Waals surface area contributed by atoms with Gasteiger partial charge in [-0.05, 0) is 42.4 Å². The highest BCUT2D eigenvalue weighted by atomic mass is 16.5. The summed E-state index contributed by atoms with van der Waals surface area (Å²) < 4.78 is 5.49. The number of fused-ring (bicyclic) bond motifs is 2. The van der Waals surface area contributed by atoms with Crippen molar-refractivity contribution in [2.45, 2.75) is 59.8 Å². The lowest BCUT2D eigenvalue weighted by atomic mass is 9.51. The maximum Gasteiger partial charge on any atom is 0.309 e. The lowest BCUT2D eigenvalue weighted by Crippen LogP contribution is -2.48. The van der Waals surface area contributed by atoms with E-state index >= 15 is 0 Å². The minimum Gasteiger partial charge on any atom is -0.465 e. The molecule has 2 nitrogen and oxygen atoms in total. The van der Waals surface area contributed by atoms with Crippen molar-refractivity contribution < 1.29 is 9.53 Å². The first-order valence-electron chi connectivity index (χ1n) is 7.80. The van der Waals surface area contributed by atoms with Crippen molar-refractivity contribution in [1.29, 1.82) is 0 Å². The highest BCUT2D eigenvalue weighted by Gasteiger charge is 2.52. The highest BCUT2D eigenvalue weighted by molar-refractivity contribution is 5.74. The van der Waals surface area contributed by atoms with Gasteiger partial charge in [-0.25, -0.2) is 0 Å². The summed E-state index contributed by atoms with van der Waals surface area (Å²) in [5.74, 6) is 0.690. The highest BCUT2D eigenvalue weighted by Crippen LogP contribution is 2.58. The molecule has 0 amide bonds. The molecule has 3 aliphatic carbocycles. The molecule has 0 N–H and O–H groups in total. The Balaban J connectivity index is 2.10. The monoisotopic (exact) mass is 264 g/mol. The molecule has 0 saturated heterocycles. The summed E-state index contributed by atoms with van der Waals surface area (Å²) in [5.41, 5.74) is 0.256. The summed E-state index contributed by atoms with van der Waals surface area (Å²) in [6, 6.07) is 0. The lowest BCUT2D eigenvalue weighted by Gasteiger charge is -2.53. The molecule has 3 aliphatic rings. The summed E-state index contributed by atoms with van der Waals surface area (Å²) >= 11 is 0. The minimum atomic E-state index is 0.0277. The van der Waals surface area contributed by atoms with Gasteiger partial charge in [0.05, 0.1) is 12.5 Å². The molecule has 0 aromatic rings. The van der Waals surface area contributed by atoms with Crippen LogP contribution in [0.15, 0.2) is 12.2 Å². The number of ether oxygens (including phenoxy) is 1. The molecule has 1 fully saturated rings. The molecule has 2 heteroatoms. The smallest absolute Gasteiger partial charge is 0.309 e. The molecule has 0 heterocycles. The van der Waals surface area contributed by atoms with Gasteiger partial charge in [0.15, 0.2) is 0 Å². The van der Waals surface area contributed by atoms with Gasteiger partial charge >= 0.3 is 5.97 Å². The zero-order valence-electron chi connectivity index (χ0n) is 12.9. The second-order valence-corrected chi connectivity index (χ2v) is 7.00. The summed E-state index contributed by atoms with van der Waals surface area (Å²) in [5, 5.41) is 0. The van der Waals surface area contributed by atoms with Gasteiger partial charge in [0.25, 0.3) is 0 Å². The average molecular weight is 264 g/mol. The molecular formula is C17H28O2. The van der Waals surface area contributed by atoms with Gasteiger partial charge in [-0.15, -0.1) is 0 Å². The molecular weight excluding hydrogens is 236 g/mol. The van der Waals surface area contributed by atoms with Crippen molar-refractivity contribution in [1.82, 2.24) is 0 Å². The molecule has 0 aromatic heterocycles. The summed E-state index contributed by atoms with van der Waals surface area (Å²) in [6.45, 7) is 9.47. The standard InChI is InChI=1S/C17H28O2/c1-5-6-11-19-15(18)14-12-17(13(2)3)9-7-16(14,4)8-10-17/h7,9,13-14H,5-6,8,10-12H2,1-4H3. The van der Waals surface area contributed by atoms with Crippen LogP contribution in [0, 0.1) is 22.7 Å². The van der Waals surface area contributed by atoms with Crippen LogP contribution in [0.3, 0.4) is 0 Å². The summed E-state index contributed by atoms with van der Waals surface area (Å²) in [7, 11) is 0. The van der Waals surface area contributed by atoms with Crippen LogP contribution in [0.2, 0.25) is 0 Å². The zero-order chi connectivity index (χ0) is 14.1. The second kappa shape index (κ2) is 5.30. The SMILES string of the molecule is CCCCOC(=O)C1CC2(C(C)C)C=CC1(C)CC2. The van der Waals surface area contributed by atoms with Crippen molar-refractivity contribution in [2.75, 3.05) is 6.61 Å². The van der Waals surface area contributed by atoms with E-state index in [1.54, 1.807) is 0 Å². The molecule has 3 unspecified atom stereocenters. The summed E-state index contributed by atoms with van der Waals surface area (Å²) in [4.78, 5) is 12.4. The Hall–Kier alpha value is -0.790. The van der Waals surface area contributed by atoms with Gasteiger partial charge in [-0.3, -0.25) is 4.79 Å². The second-order valence-electron chi connectivity index (χ2n) is 7.00. The molecule has 2 bridgehead atoms. The molecule has 108 valence electrons. The van der Waals surface area contributed by atoms with E-state index in [4.69, 9.17) is 4.74 Å². The third-order valence-corrected chi connectivity index (χ3v) is 5.48. The lowest BCUT2D eigenvalue weighted by molar-refractivity contribution is -0.157. The van der Waals surface area contributed by atoms with E-state index in [1.807, 2.05) is 0 Å². The molecule has 19 heavy (non-hydrogen) atoms. The van der Waals surface area contributed by atoms with Crippen LogP contribution in [-0.4, -0.2) is 12.6 Å². The Labute approximate surface area is 117 Å². The Kier molecular flexibility index (Phi) is 4.08. The Morgan fingerprint density at radius 2 is 2.11 bits per heavy atom. The number of hydrogen-bond acceptors (Lipinski definition) is 2. The van der Waals surface area contributed by atoms with E-state index in [0.29, 0.717) is 12.5 Å². The number of allylic oxidation sites excluding steroid dienone is 2. The van der Waals surface area contributed by atoms with E-state index in [9.17, 15) is 4.79 Å². The van der Waals surface area contributed by atoms with Crippen molar-refractivity contribution in [3.8, 4) is 0 Å². The number of rotatable bonds is 5. The van der Waals surface area contributed by atoms with Crippen LogP contribution in [0.5, 0.6) is 0 Å². The first-order valence-corrected chi connectivity index (χ1v) is 7.80. The molecule has 0 radical (unpaired) electrons. The van der Waals surface area contributed by atoms with E-state index in [2.05, 4.69) is 39.8 Å². The maximum absolute atomic E-state index is 12.4. The Morgan fingerprint density at radius 1 is 1.37 bits per heavy atom. The number of carbonyl (C=O) groups is 1. The first-order chi connectivity index (χ1) is 8.93. The van der Waals surface area contributed by atoms with Crippen LogP contribution in [0.4, 0.5) is 0 Å². The molecule has 1 saturated carbocycles. The van der Waals surface area contributed by atoms with Crippen LogP contribution in [0.25, 0.3) is 0 Å². The van der Waals surface area contributed by atoms with Crippen LogP contribution < -0.4 is 0 Å². The zero-order valence-corrected chi connectivity index (χ0v) is 12.9. The number of hydrogen-bond donors (Lipinski definition) is 0. The van der Waals surface area contributed by atoms with Gasteiger partial charge < -0.3 is 4.74 Å². The Morgan fingerprint density at radius 3 is 2.63 bits per heavy atom. The molecule has 3 rings (SSSR count).